The number of nitrogens with two attached hydrogens (primary N) is 1. The van der Waals surface area contributed by atoms with Crippen LogP contribution in [0.2, 0.25) is 0 Å². The SMILES string of the molecule is COc1cccc(SCC(=N)N)c1. The molecule has 0 aliphatic rings. The van der Waals surface area contributed by atoms with Crippen molar-refractivity contribution in [2.45, 2.75) is 4.90 Å². The number of benzene rings is 1. The van der Waals surface area contributed by atoms with Crippen LogP contribution in [-0.4, -0.2) is 18.7 Å². The predicted molar refractivity (Wildman–Crippen MR) is 55.6 cm³/mol. The minimum atomic E-state index is 0.188. The smallest absolute Gasteiger partial charge is 0.119 e. The summed E-state index contributed by atoms with van der Waals surface area (Å²) in [6.07, 6.45) is 0. The summed E-state index contributed by atoms with van der Waals surface area (Å²) in [4.78, 5) is 1.06. The van der Waals surface area contributed by atoms with E-state index in [1.54, 1.807) is 7.11 Å². The Morgan fingerprint density at radius 1 is 1.62 bits per heavy atom. The first-order chi connectivity index (χ1) is 6.22. The third-order valence-corrected chi connectivity index (χ3v) is 2.48. The second-order valence-corrected chi connectivity index (χ2v) is 3.54. The van der Waals surface area contributed by atoms with Gasteiger partial charge in [-0.1, -0.05) is 6.07 Å². The molecule has 0 aromatic heterocycles. The third-order valence-electron chi connectivity index (χ3n) is 1.44. The molecule has 1 aromatic rings. The van der Waals surface area contributed by atoms with Gasteiger partial charge < -0.3 is 10.5 Å². The van der Waals surface area contributed by atoms with Crippen LogP contribution in [0.5, 0.6) is 5.75 Å². The average molecular weight is 196 g/mol. The minimum Gasteiger partial charge on any atom is -0.497 e. The van der Waals surface area contributed by atoms with Crippen LogP contribution in [0.1, 0.15) is 0 Å². The van der Waals surface area contributed by atoms with Gasteiger partial charge in [-0.3, -0.25) is 5.41 Å². The van der Waals surface area contributed by atoms with Gasteiger partial charge in [0.15, 0.2) is 0 Å². The quantitative estimate of drug-likeness (QED) is 0.438. The number of amidine groups is 1. The first kappa shape index (κ1) is 9.92. The van der Waals surface area contributed by atoms with E-state index in [-0.39, 0.29) is 5.84 Å². The van der Waals surface area contributed by atoms with Crippen molar-refractivity contribution in [1.82, 2.24) is 0 Å². The summed E-state index contributed by atoms with van der Waals surface area (Å²) in [6, 6.07) is 7.70. The fraction of sp³-hybridized carbons (Fsp3) is 0.222. The van der Waals surface area contributed by atoms with E-state index in [0.29, 0.717) is 5.75 Å². The van der Waals surface area contributed by atoms with Crippen molar-refractivity contribution in [3.05, 3.63) is 24.3 Å². The van der Waals surface area contributed by atoms with Crippen molar-refractivity contribution >= 4 is 17.6 Å². The summed E-state index contributed by atoms with van der Waals surface area (Å²) in [6.45, 7) is 0. The molecule has 0 atom stereocenters. The fourth-order valence-electron chi connectivity index (χ4n) is 0.852. The maximum absolute atomic E-state index is 7.07. The molecule has 70 valence electrons. The number of hydrogen-bond donors (Lipinski definition) is 2. The summed E-state index contributed by atoms with van der Waals surface area (Å²) in [5.74, 6) is 1.54. The van der Waals surface area contributed by atoms with Crippen LogP contribution in [0.15, 0.2) is 29.2 Å². The van der Waals surface area contributed by atoms with Crippen LogP contribution in [0, 0.1) is 5.41 Å². The molecular weight excluding hydrogens is 184 g/mol. The molecule has 0 fully saturated rings. The van der Waals surface area contributed by atoms with E-state index >= 15 is 0 Å². The van der Waals surface area contributed by atoms with E-state index < -0.39 is 0 Å². The van der Waals surface area contributed by atoms with Crippen molar-refractivity contribution in [2.75, 3.05) is 12.9 Å². The Balaban J connectivity index is 2.61. The maximum atomic E-state index is 7.07. The normalized spacial score (nSPS) is 9.62. The Labute approximate surface area is 81.8 Å². The van der Waals surface area contributed by atoms with Gasteiger partial charge in [-0.2, -0.15) is 0 Å². The lowest BCUT2D eigenvalue weighted by atomic mass is 10.3. The standard InChI is InChI=1S/C9H12N2OS/c1-12-7-3-2-4-8(5-7)13-6-9(10)11/h2-5H,6H2,1H3,(H3,10,11). The van der Waals surface area contributed by atoms with Crippen molar-refractivity contribution < 1.29 is 4.74 Å². The number of ether oxygens (including phenoxy) is 1. The van der Waals surface area contributed by atoms with Crippen LogP contribution in [0.3, 0.4) is 0 Å². The van der Waals surface area contributed by atoms with Crippen molar-refractivity contribution in [2.24, 2.45) is 5.73 Å². The predicted octanol–water partition coefficient (Wildman–Crippen LogP) is 1.72. The molecule has 0 aliphatic heterocycles. The lowest BCUT2D eigenvalue weighted by Crippen LogP contribution is -2.11. The highest BCUT2D eigenvalue weighted by molar-refractivity contribution is 8.00. The van der Waals surface area contributed by atoms with Gasteiger partial charge in [-0.15, -0.1) is 11.8 Å². The van der Waals surface area contributed by atoms with Gasteiger partial charge in [0.05, 0.1) is 12.9 Å². The molecule has 13 heavy (non-hydrogen) atoms. The van der Waals surface area contributed by atoms with Gasteiger partial charge in [-0.05, 0) is 18.2 Å². The maximum Gasteiger partial charge on any atom is 0.119 e. The highest BCUT2D eigenvalue weighted by Crippen LogP contribution is 2.22. The van der Waals surface area contributed by atoms with E-state index in [0.717, 1.165) is 10.6 Å². The van der Waals surface area contributed by atoms with Gasteiger partial charge >= 0.3 is 0 Å². The average Bonchev–Trinajstić information content (AvgIpc) is 2.15. The zero-order valence-corrected chi connectivity index (χ0v) is 8.23. The molecule has 0 saturated heterocycles. The first-order valence-electron chi connectivity index (χ1n) is 3.82. The molecule has 1 aromatic carbocycles. The van der Waals surface area contributed by atoms with Crippen LogP contribution < -0.4 is 10.5 Å². The van der Waals surface area contributed by atoms with E-state index in [1.165, 1.54) is 11.8 Å². The fourth-order valence-corrected chi connectivity index (χ4v) is 1.55. The minimum absolute atomic E-state index is 0.188. The zero-order chi connectivity index (χ0) is 9.68. The van der Waals surface area contributed by atoms with Crippen LogP contribution in [-0.2, 0) is 0 Å². The molecule has 0 unspecified atom stereocenters. The highest BCUT2D eigenvalue weighted by atomic mass is 32.2. The second-order valence-electron chi connectivity index (χ2n) is 2.49. The summed E-state index contributed by atoms with van der Waals surface area (Å²) in [5, 5.41) is 7.07. The molecule has 1 rings (SSSR count). The van der Waals surface area contributed by atoms with Crippen LogP contribution in [0.4, 0.5) is 0 Å². The Bertz CT molecular complexity index is 301. The number of nitrogens with one attached hydrogen (secondary N) is 1. The number of methoxy groups -OCH3 is 1. The molecule has 0 bridgehead atoms. The molecule has 3 N–H and O–H groups in total. The lowest BCUT2D eigenvalue weighted by Gasteiger charge is -2.02. The summed E-state index contributed by atoms with van der Waals surface area (Å²) in [7, 11) is 1.63. The zero-order valence-electron chi connectivity index (χ0n) is 7.41. The molecule has 0 spiro atoms. The highest BCUT2D eigenvalue weighted by Gasteiger charge is 1.97. The largest absolute Gasteiger partial charge is 0.497 e. The molecule has 0 amide bonds. The Morgan fingerprint density at radius 3 is 3.00 bits per heavy atom. The molecule has 0 heterocycles. The van der Waals surface area contributed by atoms with Crippen LogP contribution in [0.25, 0.3) is 0 Å². The van der Waals surface area contributed by atoms with Gasteiger partial charge in [-0.25, -0.2) is 0 Å². The van der Waals surface area contributed by atoms with Gasteiger partial charge in [0.25, 0.3) is 0 Å². The van der Waals surface area contributed by atoms with Gasteiger partial charge in [0.1, 0.15) is 11.6 Å². The van der Waals surface area contributed by atoms with Crippen molar-refractivity contribution in [1.29, 1.82) is 5.41 Å². The monoisotopic (exact) mass is 196 g/mol. The summed E-state index contributed by atoms with van der Waals surface area (Å²) >= 11 is 1.53. The van der Waals surface area contributed by atoms with Crippen molar-refractivity contribution in [3.63, 3.8) is 0 Å². The molecule has 0 radical (unpaired) electrons. The summed E-state index contributed by atoms with van der Waals surface area (Å²) in [5.41, 5.74) is 5.24. The Hall–Kier alpha value is -1.16. The Kier molecular flexibility index (Phi) is 3.64. The molecule has 4 heteroatoms. The lowest BCUT2D eigenvalue weighted by molar-refractivity contribution is 0.413. The molecule has 0 saturated carbocycles. The third kappa shape index (κ3) is 3.38. The van der Waals surface area contributed by atoms with Crippen LogP contribution >= 0.6 is 11.8 Å². The number of hydrogen-bond acceptors (Lipinski definition) is 3. The van der Waals surface area contributed by atoms with E-state index in [4.69, 9.17) is 15.9 Å². The number of thioether (sulfide) groups is 1. The van der Waals surface area contributed by atoms with E-state index in [2.05, 4.69) is 0 Å². The molecule has 0 aliphatic carbocycles. The van der Waals surface area contributed by atoms with E-state index in [9.17, 15) is 0 Å². The Morgan fingerprint density at radius 2 is 2.38 bits per heavy atom. The van der Waals surface area contributed by atoms with Gasteiger partial charge in [0, 0.05) is 4.90 Å². The first-order valence-corrected chi connectivity index (χ1v) is 4.80. The summed E-state index contributed by atoms with van der Waals surface area (Å²) < 4.78 is 5.06. The number of rotatable bonds is 4. The molecular formula is C9H12N2OS. The topological polar surface area (TPSA) is 59.1 Å². The van der Waals surface area contributed by atoms with Gasteiger partial charge in [0.2, 0.25) is 0 Å². The second kappa shape index (κ2) is 4.77. The van der Waals surface area contributed by atoms with E-state index in [1.807, 2.05) is 24.3 Å². The van der Waals surface area contributed by atoms with Crippen molar-refractivity contribution in [3.8, 4) is 5.75 Å². The molecule has 3 nitrogen and oxygen atoms in total.